The third-order valence-corrected chi connectivity index (χ3v) is 6.50. The Hall–Kier alpha value is -5.90. The molecule has 0 radical (unpaired) electrons. The molecule has 0 saturated carbocycles. The summed E-state index contributed by atoms with van der Waals surface area (Å²) in [5.74, 6) is 1.45. The number of rotatable bonds is 7. The first-order valence-corrected chi connectivity index (χ1v) is 13.2. The van der Waals surface area contributed by atoms with Gasteiger partial charge in [0, 0.05) is 34.8 Å². The predicted molar refractivity (Wildman–Crippen MR) is 163 cm³/mol. The van der Waals surface area contributed by atoms with Crippen LogP contribution in [0.5, 0.6) is 17.5 Å². The van der Waals surface area contributed by atoms with E-state index in [1.807, 2.05) is 86.6 Å². The van der Waals surface area contributed by atoms with Gasteiger partial charge in [-0.25, -0.2) is 14.5 Å². The van der Waals surface area contributed by atoms with Crippen molar-refractivity contribution in [1.29, 1.82) is 0 Å². The Morgan fingerprint density at radius 1 is 0.833 bits per heavy atom. The van der Waals surface area contributed by atoms with Gasteiger partial charge in [0.1, 0.15) is 11.6 Å². The molecule has 0 bridgehead atoms. The van der Waals surface area contributed by atoms with Gasteiger partial charge in [-0.1, -0.05) is 59.7 Å². The minimum Gasteiger partial charge on any atom is -0.492 e. The summed E-state index contributed by atoms with van der Waals surface area (Å²) in [4.78, 5) is 21.8. The fourth-order valence-corrected chi connectivity index (χ4v) is 4.42. The molecule has 42 heavy (non-hydrogen) atoms. The number of hydrogen-bond donors (Lipinski definition) is 4. The highest BCUT2D eigenvalue weighted by atomic mass is 16.5. The molecule has 2 amide bonds. The van der Waals surface area contributed by atoms with E-state index in [0.717, 1.165) is 27.6 Å². The Balaban J connectivity index is 1.21. The minimum atomic E-state index is -0.496. The van der Waals surface area contributed by atoms with Crippen molar-refractivity contribution in [2.45, 2.75) is 13.8 Å². The van der Waals surface area contributed by atoms with Crippen LogP contribution < -0.4 is 20.7 Å². The smallest absolute Gasteiger partial charge is 0.324 e. The standard InChI is InChI=1S/C32H27N7O3/c1-20-7-11-22(12-8-20)34-31-33-18-17-30(37-31)42-27-16-15-26(24-5-3-4-6-25(24)27)35-32(41)36-28-19-29(40)38-39(28)23-13-9-21(2)10-14-23/h3-19H,1-2H3,(H,38,40)(H,33,34,37)(H2,35,36,41). The van der Waals surface area contributed by atoms with E-state index in [4.69, 9.17) is 4.74 Å². The number of hydrogen-bond acceptors (Lipinski definition) is 7. The van der Waals surface area contributed by atoms with Crippen LogP contribution in [-0.2, 0) is 0 Å². The van der Waals surface area contributed by atoms with Crippen molar-refractivity contribution in [2.75, 3.05) is 16.0 Å². The van der Waals surface area contributed by atoms with Crippen molar-refractivity contribution >= 4 is 39.9 Å². The number of nitrogens with zero attached hydrogens (tertiary/aromatic N) is 4. The van der Waals surface area contributed by atoms with Gasteiger partial charge in [0.25, 0.3) is 0 Å². The monoisotopic (exact) mass is 557 g/mol. The average molecular weight is 558 g/mol. The SMILES string of the molecule is Cc1ccc(Nc2nccc(Oc3ccc(NC(=O)Nc4cc(O)nn4-c4ccc(C)cc4)c4ccccc34)n2)cc1. The quantitative estimate of drug-likeness (QED) is 0.162. The number of urea groups is 1. The second-order valence-electron chi connectivity index (χ2n) is 9.68. The molecule has 10 nitrogen and oxygen atoms in total. The molecule has 0 fully saturated rings. The van der Waals surface area contributed by atoms with Gasteiger partial charge >= 0.3 is 6.03 Å². The maximum absolute atomic E-state index is 13.1. The van der Waals surface area contributed by atoms with Crippen molar-refractivity contribution in [3.8, 4) is 23.2 Å². The molecule has 6 aromatic rings. The number of fused-ring (bicyclic) bond motifs is 1. The lowest BCUT2D eigenvalue weighted by Gasteiger charge is -2.14. The molecule has 0 aliphatic heterocycles. The summed E-state index contributed by atoms with van der Waals surface area (Å²) >= 11 is 0. The van der Waals surface area contributed by atoms with E-state index >= 15 is 0 Å². The average Bonchev–Trinajstić information content (AvgIpc) is 3.35. The number of carbonyl (C=O) groups excluding carboxylic acids is 1. The number of benzene rings is 4. The van der Waals surface area contributed by atoms with Crippen molar-refractivity contribution in [1.82, 2.24) is 19.7 Å². The van der Waals surface area contributed by atoms with Crippen molar-refractivity contribution < 1.29 is 14.6 Å². The van der Waals surface area contributed by atoms with Gasteiger partial charge in [-0.05, 0) is 50.2 Å². The zero-order chi connectivity index (χ0) is 29.1. The fourth-order valence-electron chi connectivity index (χ4n) is 4.42. The largest absolute Gasteiger partial charge is 0.492 e. The van der Waals surface area contributed by atoms with Gasteiger partial charge in [-0.2, -0.15) is 4.98 Å². The lowest BCUT2D eigenvalue weighted by molar-refractivity contribution is 0.262. The number of carbonyl (C=O) groups is 1. The summed E-state index contributed by atoms with van der Waals surface area (Å²) in [5, 5.41) is 24.5. The van der Waals surface area contributed by atoms with E-state index in [1.54, 1.807) is 24.4 Å². The van der Waals surface area contributed by atoms with Crippen LogP contribution >= 0.6 is 0 Å². The molecule has 208 valence electrons. The molecule has 0 saturated heterocycles. The van der Waals surface area contributed by atoms with E-state index in [9.17, 15) is 9.90 Å². The Morgan fingerprint density at radius 2 is 1.55 bits per heavy atom. The molecule has 2 heterocycles. The summed E-state index contributed by atoms with van der Waals surface area (Å²) in [6, 6.07) is 29.2. The molecule has 10 heteroatoms. The van der Waals surface area contributed by atoms with E-state index in [1.165, 1.54) is 10.7 Å². The topological polar surface area (TPSA) is 126 Å². The van der Waals surface area contributed by atoms with E-state index in [-0.39, 0.29) is 5.88 Å². The van der Waals surface area contributed by atoms with Crippen molar-refractivity contribution in [3.05, 3.63) is 114 Å². The molecule has 2 aromatic heterocycles. The molecule has 6 rings (SSSR count). The van der Waals surface area contributed by atoms with E-state index in [2.05, 4.69) is 31.0 Å². The van der Waals surface area contributed by atoms with Crippen LogP contribution in [0.2, 0.25) is 0 Å². The van der Waals surface area contributed by atoms with Crippen LogP contribution in [0.3, 0.4) is 0 Å². The van der Waals surface area contributed by atoms with Gasteiger partial charge in [-0.3, -0.25) is 5.32 Å². The minimum absolute atomic E-state index is 0.209. The zero-order valence-electron chi connectivity index (χ0n) is 22.9. The first-order chi connectivity index (χ1) is 20.4. The Labute approximate surface area is 241 Å². The first kappa shape index (κ1) is 26.3. The molecular formula is C32H27N7O3. The van der Waals surface area contributed by atoms with Crippen LogP contribution in [0.4, 0.5) is 27.9 Å². The third-order valence-electron chi connectivity index (χ3n) is 6.50. The molecule has 0 aliphatic carbocycles. The highest BCUT2D eigenvalue weighted by Gasteiger charge is 2.15. The highest BCUT2D eigenvalue weighted by molar-refractivity contribution is 6.07. The summed E-state index contributed by atoms with van der Waals surface area (Å²) in [5.41, 5.74) is 4.39. The second-order valence-corrected chi connectivity index (χ2v) is 9.68. The Kier molecular flexibility index (Phi) is 7.08. The number of aromatic hydroxyl groups is 1. The molecule has 0 spiro atoms. The molecular weight excluding hydrogens is 530 g/mol. The number of ether oxygens (including phenoxy) is 1. The second kappa shape index (κ2) is 11.3. The van der Waals surface area contributed by atoms with Gasteiger partial charge in [0.2, 0.25) is 17.7 Å². The summed E-state index contributed by atoms with van der Waals surface area (Å²) in [6.07, 6.45) is 1.63. The number of amides is 2. The van der Waals surface area contributed by atoms with Crippen LogP contribution in [0.25, 0.3) is 16.5 Å². The van der Waals surface area contributed by atoms with Gasteiger partial charge < -0.3 is 20.5 Å². The molecule has 4 N–H and O–H groups in total. The fraction of sp³-hybridized carbons (Fsp3) is 0.0625. The number of anilines is 4. The lowest BCUT2D eigenvalue weighted by Crippen LogP contribution is -2.21. The van der Waals surface area contributed by atoms with Crippen LogP contribution in [0, 0.1) is 13.8 Å². The third kappa shape index (κ3) is 5.82. The maximum Gasteiger partial charge on any atom is 0.324 e. The maximum atomic E-state index is 13.1. The summed E-state index contributed by atoms with van der Waals surface area (Å²) < 4.78 is 7.63. The Bertz CT molecular complexity index is 1880. The highest BCUT2D eigenvalue weighted by Crippen LogP contribution is 2.34. The van der Waals surface area contributed by atoms with Gasteiger partial charge in [0.05, 0.1) is 11.4 Å². The van der Waals surface area contributed by atoms with Gasteiger partial charge in [0.15, 0.2) is 0 Å². The van der Waals surface area contributed by atoms with E-state index in [0.29, 0.717) is 34.8 Å². The first-order valence-electron chi connectivity index (χ1n) is 13.2. The van der Waals surface area contributed by atoms with Crippen molar-refractivity contribution in [2.24, 2.45) is 0 Å². The molecule has 0 atom stereocenters. The van der Waals surface area contributed by atoms with E-state index < -0.39 is 6.03 Å². The molecule has 0 aliphatic rings. The van der Waals surface area contributed by atoms with Gasteiger partial charge in [-0.15, -0.1) is 5.10 Å². The van der Waals surface area contributed by atoms with Crippen LogP contribution in [0.1, 0.15) is 11.1 Å². The van der Waals surface area contributed by atoms with Crippen LogP contribution in [-0.4, -0.2) is 30.9 Å². The number of nitrogens with one attached hydrogen (secondary N) is 3. The normalized spacial score (nSPS) is 10.8. The molecule has 0 unspecified atom stereocenters. The summed E-state index contributed by atoms with van der Waals surface area (Å²) in [6.45, 7) is 4.01. The van der Waals surface area contributed by atoms with Crippen molar-refractivity contribution in [3.63, 3.8) is 0 Å². The Morgan fingerprint density at radius 3 is 2.31 bits per heavy atom. The van der Waals surface area contributed by atoms with Crippen LogP contribution in [0.15, 0.2) is 103 Å². The number of aryl methyl sites for hydroxylation is 2. The predicted octanol–water partition coefficient (Wildman–Crippen LogP) is 7.32. The lowest BCUT2D eigenvalue weighted by atomic mass is 10.1. The zero-order valence-corrected chi connectivity index (χ0v) is 22.9. The summed E-state index contributed by atoms with van der Waals surface area (Å²) in [7, 11) is 0. The molecule has 4 aromatic carbocycles. The number of aromatic nitrogens is 4.